The van der Waals surface area contributed by atoms with E-state index in [0.717, 1.165) is 9.82 Å². The van der Waals surface area contributed by atoms with Gasteiger partial charge in [0.2, 0.25) is 15.9 Å². The first kappa shape index (κ1) is 25.4. The van der Waals surface area contributed by atoms with E-state index in [4.69, 9.17) is 4.74 Å². The average molecular weight is 497 g/mol. The highest BCUT2D eigenvalue weighted by atomic mass is 32.2. The Kier molecular flexibility index (Phi) is 7.72. The van der Waals surface area contributed by atoms with Gasteiger partial charge in [0, 0.05) is 45.2 Å². The zero-order chi connectivity index (χ0) is 25.0. The number of hydrogen-bond donors (Lipinski definition) is 1. The van der Waals surface area contributed by atoms with Crippen molar-refractivity contribution in [3.05, 3.63) is 42.2 Å². The van der Waals surface area contributed by atoms with Crippen LogP contribution in [0.4, 0.5) is 14.5 Å². The summed E-state index contributed by atoms with van der Waals surface area (Å²) in [6.45, 7) is -0.521. The number of alkyl halides is 2. The van der Waals surface area contributed by atoms with Gasteiger partial charge in [0.15, 0.2) is 11.5 Å². The third-order valence-electron chi connectivity index (χ3n) is 5.13. The monoisotopic (exact) mass is 496 g/mol. The molecule has 0 radical (unpaired) electrons. The fourth-order valence-corrected chi connectivity index (χ4v) is 4.39. The number of imidazole rings is 1. The van der Waals surface area contributed by atoms with Crippen LogP contribution in [0.1, 0.15) is 19.2 Å². The first-order valence-electron chi connectivity index (χ1n) is 10.4. The molecule has 0 aliphatic heterocycles. The molecule has 9 nitrogen and oxygen atoms in total. The second-order valence-corrected chi connectivity index (χ2v) is 9.65. The van der Waals surface area contributed by atoms with Crippen molar-refractivity contribution in [2.75, 3.05) is 26.5 Å². The SMILES string of the molecule is CCn1c(CCC(=O)Nc2ccc(OC)c(OC(F)F)c2)nc2cc(S(=O)(=O)N(C)C)ccc21. The molecule has 3 rings (SSSR count). The first-order valence-corrected chi connectivity index (χ1v) is 11.8. The number of halogens is 2. The highest BCUT2D eigenvalue weighted by molar-refractivity contribution is 7.89. The van der Waals surface area contributed by atoms with Gasteiger partial charge in [0.05, 0.1) is 23.0 Å². The Hall–Kier alpha value is -3.25. The van der Waals surface area contributed by atoms with Gasteiger partial charge in [-0.2, -0.15) is 8.78 Å². The lowest BCUT2D eigenvalue weighted by Crippen LogP contribution is -2.22. The molecule has 3 aromatic rings. The highest BCUT2D eigenvalue weighted by Crippen LogP contribution is 2.31. The molecule has 0 saturated carbocycles. The molecule has 1 aromatic heterocycles. The van der Waals surface area contributed by atoms with Gasteiger partial charge in [-0.15, -0.1) is 0 Å². The lowest BCUT2D eigenvalue weighted by Gasteiger charge is -2.12. The van der Waals surface area contributed by atoms with Crippen LogP contribution in [0.15, 0.2) is 41.3 Å². The molecule has 0 aliphatic carbocycles. The predicted molar refractivity (Wildman–Crippen MR) is 123 cm³/mol. The van der Waals surface area contributed by atoms with Gasteiger partial charge in [-0.05, 0) is 37.3 Å². The number of anilines is 1. The van der Waals surface area contributed by atoms with Crippen LogP contribution in [0.5, 0.6) is 11.5 Å². The summed E-state index contributed by atoms with van der Waals surface area (Å²) in [4.78, 5) is 17.2. The molecule has 0 fully saturated rings. The quantitative estimate of drug-likeness (QED) is 0.461. The Morgan fingerprint density at radius 1 is 1.18 bits per heavy atom. The van der Waals surface area contributed by atoms with Crippen LogP contribution in [-0.4, -0.2) is 56.0 Å². The van der Waals surface area contributed by atoms with Gasteiger partial charge in [0.1, 0.15) is 5.82 Å². The van der Waals surface area contributed by atoms with E-state index in [-0.39, 0.29) is 34.4 Å². The second kappa shape index (κ2) is 10.3. The zero-order valence-corrected chi connectivity index (χ0v) is 20.0. The first-order chi connectivity index (χ1) is 16.1. The molecule has 0 saturated heterocycles. The standard InChI is InChI=1S/C22H26F2N4O5S/c1-5-28-17-8-7-15(34(30,31)27(2)3)13-16(17)26-20(28)10-11-21(29)25-14-6-9-18(32-4)19(12-14)33-22(23)24/h6-9,12-13,22H,5,10-11H2,1-4H3,(H,25,29). The number of fused-ring (bicyclic) bond motifs is 1. The van der Waals surface area contributed by atoms with Gasteiger partial charge >= 0.3 is 6.61 Å². The summed E-state index contributed by atoms with van der Waals surface area (Å²) >= 11 is 0. The normalized spacial score (nSPS) is 11.9. The predicted octanol–water partition coefficient (Wildman–Crippen LogP) is 3.49. The molecular weight excluding hydrogens is 470 g/mol. The maximum absolute atomic E-state index is 12.6. The Morgan fingerprint density at radius 2 is 1.91 bits per heavy atom. The number of aromatic nitrogens is 2. The molecule has 34 heavy (non-hydrogen) atoms. The minimum Gasteiger partial charge on any atom is -0.493 e. The molecular formula is C22H26F2N4O5S. The third-order valence-corrected chi connectivity index (χ3v) is 6.94. The minimum atomic E-state index is -3.60. The lowest BCUT2D eigenvalue weighted by molar-refractivity contribution is -0.116. The fraction of sp³-hybridized carbons (Fsp3) is 0.364. The number of hydrogen-bond acceptors (Lipinski definition) is 6. The zero-order valence-electron chi connectivity index (χ0n) is 19.2. The molecule has 2 aromatic carbocycles. The molecule has 1 amide bonds. The number of carbonyl (C=O) groups excluding carboxylic acids is 1. The largest absolute Gasteiger partial charge is 0.493 e. The van der Waals surface area contributed by atoms with Crippen molar-refractivity contribution in [3.8, 4) is 11.5 Å². The van der Waals surface area contributed by atoms with Crippen LogP contribution in [0.2, 0.25) is 0 Å². The number of sulfonamides is 1. The fourth-order valence-electron chi connectivity index (χ4n) is 3.47. The number of rotatable bonds is 10. The maximum atomic E-state index is 12.6. The van der Waals surface area contributed by atoms with Crippen molar-refractivity contribution < 1.29 is 31.5 Å². The molecule has 1 N–H and O–H groups in total. The van der Waals surface area contributed by atoms with Crippen LogP contribution >= 0.6 is 0 Å². The summed E-state index contributed by atoms with van der Waals surface area (Å²) in [7, 11) is 0.638. The summed E-state index contributed by atoms with van der Waals surface area (Å²) in [5.41, 5.74) is 1.56. The van der Waals surface area contributed by atoms with Crippen LogP contribution < -0.4 is 14.8 Å². The molecule has 1 heterocycles. The average Bonchev–Trinajstić information content (AvgIpc) is 3.14. The Bertz CT molecular complexity index is 1290. The summed E-state index contributed by atoms with van der Waals surface area (Å²) in [5, 5.41) is 2.65. The highest BCUT2D eigenvalue weighted by Gasteiger charge is 2.20. The Morgan fingerprint density at radius 3 is 2.53 bits per heavy atom. The van der Waals surface area contributed by atoms with E-state index >= 15 is 0 Å². The molecule has 0 bridgehead atoms. The second-order valence-electron chi connectivity index (χ2n) is 7.50. The number of ether oxygens (including phenoxy) is 2. The van der Waals surface area contributed by atoms with Gasteiger partial charge < -0.3 is 19.4 Å². The van der Waals surface area contributed by atoms with Crippen molar-refractivity contribution in [1.29, 1.82) is 0 Å². The molecule has 0 aliphatic rings. The van der Waals surface area contributed by atoms with Gasteiger partial charge in [-0.25, -0.2) is 17.7 Å². The number of carbonyl (C=O) groups is 1. The van der Waals surface area contributed by atoms with Crippen LogP contribution in [0, 0.1) is 0 Å². The van der Waals surface area contributed by atoms with Crippen molar-refractivity contribution in [1.82, 2.24) is 13.9 Å². The van der Waals surface area contributed by atoms with Gasteiger partial charge in [-0.3, -0.25) is 4.79 Å². The van der Waals surface area contributed by atoms with E-state index in [2.05, 4.69) is 15.0 Å². The number of nitrogens with zero attached hydrogens (tertiary/aromatic N) is 3. The molecule has 0 atom stereocenters. The number of amides is 1. The number of benzene rings is 2. The van der Waals surface area contributed by atoms with E-state index < -0.39 is 16.6 Å². The van der Waals surface area contributed by atoms with Crippen molar-refractivity contribution in [2.24, 2.45) is 0 Å². The van der Waals surface area contributed by atoms with E-state index in [9.17, 15) is 22.0 Å². The summed E-state index contributed by atoms with van der Waals surface area (Å²) in [6.07, 6.45) is 0.365. The number of nitrogens with one attached hydrogen (secondary N) is 1. The van der Waals surface area contributed by atoms with Crippen LogP contribution in [0.3, 0.4) is 0 Å². The summed E-state index contributed by atoms with van der Waals surface area (Å²) in [6, 6.07) is 8.95. The van der Waals surface area contributed by atoms with Gasteiger partial charge in [0.25, 0.3) is 0 Å². The molecule has 12 heteroatoms. The van der Waals surface area contributed by atoms with E-state index in [1.54, 1.807) is 6.07 Å². The maximum Gasteiger partial charge on any atom is 0.387 e. The summed E-state index contributed by atoms with van der Waals surface area (Å²) in [5.74, 6) is 0.208. The number of methoxy groups -OCH3 is 1. The van der Waals surface area contributed by atoms with Crippen molar-refractivity contribution in [3.63, 3.8) is 0 Å². The Balaban J connectivity index is 1.76. The summed E-state index contributed by atoms with van der Waals surface area (Å²) < 4.78 is 62.6. The van der Waals surface area contributed by atoms with Crippen molar-refractivity contribution >= 4 is 32.7 Å². The van der Waals surface area contributed by atoms with Gasteiger partial charge in [-0.1, -0.05) is 0 Å². The molecule has 0 unspecified atom stereocenters. The Labute approximate surface area is 196 Å². The number of aryl methyl sites for hydroxylation is 2. The smallest absolute Gasteiger partial charge is 0.387 e. The van der Waals surface area contributed by atoms with Crippen molar-refractivity contribution in [2.45, 2.75) is 37.8 Å². The van der Waals surface area contributed by atoms with E-state index in [0.29, 0.717) is 24.3 Å². The third kappa shape index (κ3) is 5.45. The van der Waals surface area contributed by atoms with E-state index in [1.807, 2.05) is 11.5 Å². The lowest BCUT2D eigenvalue weighted by atomic mass is 10.2. The topological polar surface area (TPSA) is 103 Å². The van der Waals surface area contributed by atoms with Crippen LogP contribution in [-0.2, 0) is 27.8 Å². The molecule has 184 valence electrons. The van der Waals surface area contributed by atoms with E-state index in [1.165, 1.54) is 51.5 Å². The van der Waals surface area contributed by atoms with Crippen LogP contribution in [0.25, 0.3) is 11.0 Å². The molecule has 0 spiro atoms. The minimum absolute atomic E-state index is 0.0727.